The molecule has 2 atom stereocenters. The first kappa shape index (κ1) is 17.9. The molecule has 1 aromatic carbocycles. The Kier molecular flexibility index (Phi) is 8.30. The molecule has 1 aromatic rings. The van der Waals surface area contributed by atoms with Crippen molar-refractivity contribution >= 4 is 18.4 Å². The first-order chi connectivity index (χ1) is 9.79. The van der Waals surface area contributed by atoms with Crippen LogP contribution in [0, 0.1) is 0 Å². The van der Waals surface area contributed by atoms with Crippen LogP contribution in [0.2, 0.25) is 0 Å². The van der Waals surface area contributed by atoms with E-state index in [1.165, 1.54) is 0 Å². The minimum atomic E-state index is -0.179. The number of hydrogen-bond acceptors (Lipinski definition) is 5. The van der Waals surface area contributed by atoms with E-state index in [9.17, 15) is 4.79 Å². The van der Waals surface area contributed by atoms with Gasteiger partial charge in [0.1, 0.15) is 6.04 Å². The molecule has 6 heteroatoms. The molecule has 0 saturated carbocycles. The molecule has 21 heavy (non-hydrogen) atoms. The van der Waals surface area contributed by atoms with Crippen LogP contribution in [-0.2, 0) is 21.0 Å². The monoisotopic (exact) mass is 314 g/mol. The van der Waals surface area contributed by atoms with Gasteiger partial charge in [0.25, 0.3) is 0 Å². The average molecular weight is 315 g/mol. The number of rotatable bonds is 6. The summed E-state index contributed by atoms with van der Waals surface area (Å²) in [5.74, 6) is -0.156. The maximum Gasteiger partial charge on any atom is 0.323 e. The van der Waals surface area contributed by atoms with Crippen LogP contribution in [0.1, 0.15) is 25.3 Å². The zero-order chi connectivity index (χ0) is 14.2. The number of hydroxylamine groups is 1. The smallest absolute Gasteiger partial charge is 0.323 e. The second kappa shape index (κ2) is 9.73. The highest BCUT2D eigenvalue weighted by Gasteiger charge is 2.26. The fourth-order valence-electron chi connectivity index (χ4n) is 2.22. The van der Waals surface area contributed by atoms with Gasteiger partial charge in [-0.3, -0.25) is 9.63 Å². The van der Waals surface area contributed by atoms with Gasteiger partial charge in [-0.25, -0.2) is 0 Å². The lowest BCUT2D eigenvalue weighted by molar-refractivity contribution is -0.146. The fraction of sp³-hybridized carbons (Fsp3) is 0.533. The normalized spacial score (nSPS) is 21.4. The minimum absolute atomic E-state index is 0. The van der Waals surface area contributed by atoms with E-state index in [0.29, 0.717) is 19.8 Å². The lowest BCUT2D eigenvalue weighted by Gasteiger charge is -2.28. The van der Waals surface area contributed by atoms with Gasteiger partial charge >= 0.3 is 5.97 Å². The second-order valence-electron chi connectivity index (χ2n) is 4.88. The number of esters is 1. The van der Waals surface area contributed by atoms with Gasteiger partial charge in [-0.15, -0.1) is 12.4 Å². The predicted octanol–water partition coefficient (Wildman–Crippen LogP) is 1.81. The molecule has 0 radical (unpaired) electrons. The highest BCUT2D eigenvalue weighted by molar-refractivity contribution is 5.85. The summed E-state index contributed by atoms with van der Waals surface area (Å²) in [7, 11) is 0. The third-order valence-corrected chi connectivity index (χ3v) is 3.32. The second-order valence-corrected chi connectivity index (χ2v) is 4.88. The summed E-state index contributed by atoms with van der Waals surface area (Å²) in [6.07, 6.45) is 1.66. The lowest BCUT2D eigenvalue weighted by atomic mass is 10.0. The van der Waals surface area contributed by atoms with Crippen molar-refractivity contribution in [3.8, 4) is 0 Å². The van der Waals surface area contributed by atoms with Crippen LogP contribution in [-0.4, -0.2) is 31.2 Å². The van der Waals surface area contributed by atoms with Crippen molar-refractivity contribution in [1.29, 1.82) is 0 Å². The summed E-state index contributed by atoms with van der Waals surface area (Å²) in [6, 6.07) is 10.1. The Labute approximate surface area is 131 Å². The molecule has 2 N–H and O–H groups in total. The van der Waals surface area contributed by atoms with Gasteiger partial charge in [-0.2, -0.15) is 5.48 Å². The van der Waals surface area contributed by atoms with Gasteiger partial charge in [0, 0.05) is 12.6 Å². The van der Waals surface area contributed by atoms with Gasteiger partial charge in [0.15, 0.2) is 0 Å². The third-order valence-electron chi connectivity index (χ3n) is 3.32. The van der Waals surface area contributed by atoms with Crippen LogP contribution >= 0.6 is 12.4 Å². The highest BCUT2D eigenvalue weighted by atomic mass is 35.5. The van der Waals surface area contributed by atoms with Crippen molar-refractivity contribution in [2.24, 2.45) is 0 Å². The van der Waals surface area contributed by atoms with Crippen molar-refractivity contribution < 1.29 is 14.4 Å². The number of piperidine rings is 1. The molecule has 118 valence electrons. The number of benzene rings is 1. The van der Waals surface area contributed by atoms with Crippen LogP contribution in [0.3, 0.4) is 0 Å². The van der Waals surface area contributed by atoms with Gasteiger partial charge in [0.05, 0.1) is 13.2 Å². The SMILES string of the molecule is CCOC(=O)[C@@H]1CC[C@H](NOCc2ccccc2)CN1.Cl. The summed E-state index contributed by atoms with van der Waals surface area (Å²) in [4.78, 5) is 17.1. The van der Waals surface area contributed by atoms with Gasteiger partial charge < -0.3 is 10.1 Å². The summed E-state index contributed by atoms with van der Waals surface area (Å²) < 4.78 is 5.00. The van der Waals surface area contributed by atoms with Gasteiger partial charge in [-0.1, -0.05) is 30.3 Å². The largest absolute Gasteiger partial charge is 0.465 e. The van der Waals surface area contributed by atoms with E-state index < -0.39 is 0 Å². The zero-order valence-electron chi connectivity index (χ0n) is 12.2. The van der Waals surface area contributed by atoms with Crippen molar-refractivity contribution in [2.45, 2.75) is 38.5 Å². The standard InChI is InChI=1S/C15H22N2O3.ClH/c1-2-19-15(18)14-9-8-13(10-16-14)17-20-11-12-6-4-3-5-7-12;/h3-7,13-14,16-17H,2,8-11H2,1H3;1H/t13-,14-;/m0./s1. The Bertz CT molecular complexity index is 409. The quantitative estimate of drug-likeness (QED) is 0.619. The Hall–Kier alpha value is -1.14. The molecule has 0 aromatic heterocycles. The van der Waals surface area contributed by atoms with E-state index in [1.807, 2.05) is 37.3 Å². The zero-order valence-corrected chi connectivity index (χ0v) is 13.0. The molecule has 0 aliphatic carbocycles. The number of ether oxygens (including phenoxy) is 1. The molecule has 1 heterocycles. The van der Waals surface area contributed by atoms with Crippen molar-refractivity contribution in [2.75, 3.05) is 13.2 Å². The van der Waals surface area contributed by atoms with Crippen molar-refractivity contribution in [3.63, 3.8) is 0 Å². The predicted molar refractivity (Wildman–Crippen MR) is 83.1 cm³/mol. The fourth-order valence-corrected chi connectivity index (χ4v) is 2.22. The Morgan fingerprint density at radius 3 is 2.71 bits per heavy atom. The number of carbonyl (C=O) groups excluding carboxylic acids is 1. The Morgan fingerprint density at radius 2 is 2.10 bits per heavy atom. The molecular weight excluding hydrogens is 292 g/mol. The van der Waals surface area contributed by atoms with E-state index in [-0.39, 0.29) is 30.5 Å². The molecule has 0 unspecified atom stereocenters. The molecule has 1 aliphatic heterocycles. The van der Waals surface area contributed by atoms with E-state index >= 15 is 0 Å². The van der Waals surface area contributed by atoms with Crippen LogP contribution in [0.4, 0.5) is 0 Å². The molecule has 0 bridgehead atoms. The van der Waals surface area contributed by atoms with E-state index in [0.717, 1.165) is 18.4 Å². The summed E-state index contributed by atoms with van der Waals surface area (Å²) in [6.45, 7) is 3.50. The molecule has 1 aliphatic rings. The van der Waals surface area contributed by atoms with Crippen molar-refractivity contribution in [3.05, 3.63) is 35.9 Å². The molecule has 2 rings (SSSR count). The number of carbonyl (C=O) groups is 1. The summed E-state index contributed by atoms with van der Waals surface area (Å²) in [5.41, 5.74) is 4.18. The molecule has 0 spiro atoms. The first-order valence-electron chi connectivity index (χ1n) is 7.11. The maximum atomic E-state index is 11.6. The van der Waals surface area contributed by atoms with Gasteiger partial charge in [0.2, 0.25) is 0 Å². The molecule has 1 saturated heterocycles. The molecular formula is C15H23ClN2O3. The topological polar surface area (TPSA) is 59.6 Å². The first-order valence-corrected chi connectivity index (χ1v) is 7.11. The molecule has 5 nitrogen and oxygen atoms in total. The van der Waals surface area contributed by atoms with E-state index in [4.69, 9.17) is 9.57 Å². The van der Waals surface area contributed by atoms with Crippen LogP contribution < -0.4 is 10.8 Å². The van der Waals surface area contributed by atoms with Crippen molar-refractivity contribution in [1.82, 2.24) is 10.8 Å². The summed E-state index contributed by atoms with van der Waals surface area (Å²) >= 11 is 0. The Morgan fingerprint density at radius 1 is 1.33 bits per heavy atom. The van der Waals surface area contributed by atoms with E-state index in [1.54, 1.807) is 0 Å². The van der Waals surface area contributed by atoms with Crippen LogP contribution in [0.15, 0.2) is 30.3 Å². The Balaban J connectivity index is 0.00000220. The minimum Gasteiger partial charge on any atom is -0.465 e. The van der Waals surface area contributed by atoms with Gasteiger partial charge in [-0.05, 0) is 25.3 Å². The van der Waals surface area contributed by atoms with Crippen LogP contribution in [0.5, 0.6) is 0 Å². The number of halogens is 1. The molecule has 1 fully saturated rings. The summed E-state index contributed by atoms with van der Waals surface area (Å²) in [5, 5.41) is 3.19. The van der Waals surface area contributed by atoms with E-state index in [2.05, 4.69) is 10.8 Å². The number of nitrogens with one attached hydrogen (secondary N) is 2. The third kappa shape index (κ3) is 6.01. The lowest BCUT2D eigenvalue weighted by Crippen LogP contribution is -2.51. The highest BCUT2D eigenvalue weighted by Crippen LogP contribution is 2.10. The molecule has 0 amide bonds. The average Bonchev–Trinajstić information content (AvgIpc) is 2.49. The number of hydrogen-bond donors (Lipinski definition) is 2. The maximum absolute atomic E-state index is 11.6. The van der Waals surface area contributed by atoms with Crippen LogP contribution in [0.25, 0.3) is 0 Å².